The summed E-state index contributed by atoms with van der Waals surface area (Å²) in [4.78, 5) is 20.2. The number of halogens is 3. The van der Waals surface area contributed by atoms with E-state index in [0.717, 1.165) is 35.3 Å². The number of amides is 1. The quantitative estimate of drug-likeness (QED) is 0.678. The van der Waals surface area contributed by atoms with Gasteiger partial charge in [0.15, 0.2) is 5.16 Å². The fourth-order valence-corrected chi connectivity index (χ4v) is 2.61. The highest BCUT2D eigenvalue weighted by Gasteiger charge is 2.30. The highest BCUT2D eigenvalue weighted by molar-refractivity contribution is 7.99. The minimum atomic E-state index is -4.44. The predicted octanol–water partition coefficient (Wildman–Crippen LogP) is 3.84. The van der Waals surface area contributed by atoms with Crippen LogP contribution in [-0.4, -0.2) is 21.6 Å². The summed E-state index contributed by atoms with van der Waals surface area (Å²) in [5, 5.41) is 2.90. The molecule has 0 saturated heterocycles. The third-order valence-electron chi connectivity index (χ3n) is 2.77. The Balaban J connectivity index is 1.97. The van der Waals surface area contributed by atoms with Crippen molar-refractivity contribution in [2.24, 2.45) is 0 Å². The molecule has 0 aliphatic carbocycles. The Morgan fingerprint density at radius 3 is 2.43 bits per heavy atom. The number of hydrogen-bond acceptors (Lipinski definition) is 4. The maximum atomic E-state index is 12.6. The molecule has 8 heteroatoms. The monoisotopic (exact) mass is 341 g/mol. The van der Waals surface area contributed by atoms with E-state index in [1.807, 2.05) is 19.9 Å². The molecule has 0 bridgehead atoms. The highest BCUT2D eigenvalue weighted by atomic mass is 32.2. The smallest absolute Gasteiger partial charge is 0.325 e. The van der Waals surface area contributed by atoms with Gasteiger partial charge >= 0.3 is 6.18 Å². The summed E-state index contributed by atoms with van der Waals surface area (Å²) in [6, 6.07) is 6.32. The Morgan fingerprint density at radius 1 is 1.17 bits per heavy atom. The number of rotatable bonds is 4. The van der Waals surface area contributed by atoms with E-state index in [2.05, 4.69) is 15.3 Å². The maximum absolute atomic E-state index is 12.6. The van der Waals surface area contributed by atoms with Crippen LogP contribution in [0.25, 0.3) is 0 Å². The van der Waals surface area contributed by atoms with E-state index in [-0.39, 0.29) is 11.4 Å². The molecule has 0 spiro atoms. The van der Waals surface area contributed by atoms with Crippen LogP contribution in [0.1, 0.15) is 17.0 Å². The molecular formula is C15H14F3N3OS. The van der Waals surface area contributed by atoms with Crippen LogP contribution in [0.4, 0.5) is 18.9 Å². The molecule has 1 N–H and O–H groups in total. The molecule has 0 aliphatic rings. The molecule has 0 aliphatic heterocycles. The molecule has 0 radical (unpaired) electrons. The van der Waals surface area contributed by atoms with E-state index >= 15 is 0 Å². The number of thioether (sulfide) groups is 1. The van der Waals surface area contributed by atoms with Gasteiger partial charge in [-0.15, -0.1) is 0 Å². The average Bonchev–Trinajstić information content (AvgIpc) is 2.43. The number of alkyl halides is 3. The molecular weight excluding hydrogens is 327 g/mol. The molecule has 1 aromatic heterocycles. The molecule has 1 heterocycles. The fraction of sp³-hybridized carbons (Fsp3) is 0.267. The van der Waals surface area contributed by atoms with Gasteiger partial charge in [0.25, 0.3) is 0 Å². The number of carbonyl (C=O) groups excluding carboxylic acids is 1. The second kappa shape index (κ2) is 6.99. The van der Waals surface area contributed by atoms with E-state index in [1.54, 1.807) is 0 Å². The molecule has 2 aromatic rings. The lowest BCUT2D eigenvalue weighted by Gasteiger charge is -2.09. The number of nitrogens with zero attached hydrogens (tertiary/aromatic N) is 2. The number of carbonyl (C=O) groups is 1. The van der Waals surface area contributed by atoms with Crippen LogP contribution in [0, 0.1) is 13.8 Å². The molecule has 4 nitrogen and oxygen atoms in total. The number of benzene rings is 1. The minimum Gasteiger partial charge on any atom is -0.325 e. The molecule has 0 fully saturated rings. The molecule has 0 unspecified atom stereocenters. The second-order valence-electron chi connectivity index (χ2n) is 4.85. The molecule has 2 rings (SSSR count). The summed E-state index contributed by atoms with van der Waals surface area (Å²) in [5.41, 5.74) is 0.879. The Bertz CT molecular complexity index is 699. The highest BCUT2D eigenvalue weighted by Crippen LogP contribution is 2.30. The first-order chi connectivity index (χ1) is 10.7. The molecule has 1 aromatic carbocycles. The zero-order chi connectivity index (χ0) is 17.0. The van der Waals surface area contributed by atoms with Crippen LogP contribution in [-0.2, 0) is 11.0 Å². The van der Waals surface area contributed by atoms with Crippen molar-refractivity contribution >= 4 is 23.4 Å². The Labute approximate surface area is 135 Å². The normalized spacial score (nSPS) is 11.3. The van der Waals surface area contributed by atoms with Crippen LogP contribution < -0.4 is 5.32 Å². The lowest BCUT2D eigenvalue weighted by molar-refractivity contribution is -0.137. The first-order valence-corrected chi connectivity index (χ1v) is 7.65. The van der Waals surface area contributed by atoms with E-state index in [0.29, 0.717) is 5.16 Å². The van der Waals surface area contributed by atoms with E-state index in [1.165, 1.54) is 12.1 Å². The largest absolute Gasteiger partial charge is 0.416 e. The van der Waals surface area contributed by atoms with Crippen molar-refractivity contribution in [2.45, 2.75) is 25.2 Å². The number of nitrogens with one attached hydrogen (secondary N) is 1. The van der Waals surface area contributed by atoms with Crippen molar-refractivity contribution in [3.05, 3.63) is 47.3 Å². The summed E-state index contributed by atoms with van der Waals surface area (Å²) in [6.45, 7) is 3.64. The molecule has 0 saturated carbocycles. The van der Waals surface area contributed by atoms with Gasteiger partial charge in [-0.1, -0.05) is 17.8 Å². The lowest BCUT2D eigenvalue weighted by Crippen LogP contribution is -2.15. The SMILES string of the molecule is Cc1cc(C)nc(SCC(=O)Nc2cccc(C(F)(F)F)c2)n1. The first kappa shape index (κ1) is 17.3. The van der Waals surface area contributed by atoms with Gasteiger partial charge in [0.1, 0.15) is 0 Å². The summed E-state index contributed by atoms with van der Waals surface area (Å²) in [7, 11) is 0. The zero-order valence-electron chi connectivity index (χ0n) is 12.4. The van der Waals surface area contributed by atoms with Crippen LogP contribution in [0.2, 0.25) is 0 Å². The number of anilines is 1. The van der Waals surface area contributed by atoms with Gasteiger partial charge in [-0.05, 0) is 38.1 Å². The van der Waals surface area contributed by atoms with Crippen molar-refractivity contribution < 1.29 is 18.0 Å². The molecule has 122 valence electrons. The van der Waals surface area contributed by atoms with Crippen LogP contribution >= 0.6 is 11.8 Å². The summed E-state index contributed by atoms with van der Waals surface area (Å²) in [6.07, 6.45) is -4.44. The van der Waals surface area contributed by atoms with Gasteiger partial charge < -0.3 is 5.32 Å². The van der Waals surface area contributed by atoms with Crippen LogP contribution in [0.15, 0.2) is 35.5 Å². The van der Waals surface area contributed by atoms with Gasteiger partial charge in [0.05, 0.1) is 11.3 Å². The maximum Gasteiger partial charge on any atom is 0.416 e. The van der Waals surface area contributed by atoms with Crippen molar-refractivity contribution in [2.75, 3.05) is 11.1 Å². The standard InChI is InChI=1S/C15H14F3N3OS/c1-9-6-10(2)20-14(19-9)23-8-13(22)21-12-5-3-4-11(7-12)15(16,17)18/h3-7H,8H2,1-2H3,(H,21,22). The predicted molar refractivity (Wildman–Crippen MR) is 82.3 cm³/mol. The van der Waals surface area contributed by atoms with E-state index in [4.69, 9.17) is 0 Å². The Kier molecular flexibility index (Phi) is 5.25. The molecule has 0 atom stereocenters. The van der Waals surface area contributed by atoms with Crippen LogP contribution in [0.3, 0.4) is 0 Å². The van der Waals surface area contributed by atoms with Crippen molar-refractivity contribution in [1.82, 2.24) is 9.97 Å². The number of hydrogen-bond donors (Lipinski definition) is 1. The average molecular weight is 341 g/mol. The lowest BCUT2D eigenvalue weighted by atomic mass is 10.2. The second-order valence-corrected chi connectivity index (χ2v) is 5.79. The zero-order valence-corrected chi connectivity index (χ0v) is 13.3. The summed E-state index contributed by atoms with van der Waals surface area (Å²) < 4.78 is 37.9. The van der Waals surface area contributed by atoms with Crippen molar-refractivity contribution in [3.63, 3.8) is 0 Å². The molecule has 1 amide bonds. The van der Waals surface area contributed by atoms with Gasteiger partial charge in [0.2, 0.25) is 5.91 Å². The minimum absolute atomic E-state index is 0.0130. The van der Waals surface area contributed by atoms with Gasteiger partial charge in [-0.2, -0.15) is 13.2 Å². The van der Waals surface area contributed by atoms with Crippen molar-refractivity contribution in [3.8, 4) is 0 Å². The Hall–Kier alpha value is -2.09. The van der Waals surface area contributed by atoms with Crippen molar-refractivity contribution in [1.29, 1.82) is 0 Å². The Morgan fingerprint density at radius 2 is 1.83 bits per heavy atom. The van der Waals surface area contributed by atoms with Crippen LogP contribution in [0.5, 0.6) is 0 Å². The third kappa shape index (κ3) is 5.24. The van der Waals surface area contributed by atoms with Gasteiger partial charge in [0, 0.05) is 17.1 Å². The fourth-order valence-electron chi connectivity index (χ4n) is 1.86. The first-order valence-electron chi connectivity index (χ1n) is 6.66. The van der Waals surface area contributed by atoms with E-state index < -0.39 is 17.6 Å². The summed E-state index contributed by atoms with van der Waals surface area (Å²) >= 11 is 1.13. The summed E-state index contributed by atoms with van der Waals surface area (Å²) in [5.74, 6) is -0.406. The number of aromatic nitrogens is 2. The third-order valence-corrected chi connectivity index (χ3v) is 3.62. The van der Waals surface area contributed by atoms with Gasteiger partial charge in [-0.3, -0.25) is 4.79 Å². The topological polar surface area (TPSA) is 54.9 Å². The molecule has 23 heavy (non-hydrogen) atoms. The van der Waals surface area contributed by atoms with E-state index in [9.17, 15) is 18.0 Å². The number of aryl methyl sites for hydroxylation is 2. The van der Waals surface area contributed by atoms with Gasteiger partial charge in [-0.25, -0.2) is 9.97 Å².